The van der Waals surface area contributed by atoms with Crippen LogP contribution in [0.25, 0.3) is 0 Å². The fourth-order valence-corrected chi connectivity index (χ4v) is 4.49. The number of carbonyl (C=O) groups is 2. The standard InChI is InChI=1S/C22H21ClF3N3O2/c23-18-7-2-1-6-17(18)20(31)28-10-8-21(9-11-28)27-13-19(30)29(21)14-15-4-3-5-16(12-15)22(24,25)26/h1-7,12,27H,8-11,13-14H2. The minimum atomic E-state index is -4.44. The van der Waals surface area contributed by atoms with E-state index in [1.807, 2.05) is 0 Å². The van der Waals surface area contributed by atoms with E-state index in [-0.39, 0.29) is 24.9 Å². The Balaban J connectivity index is 1.49. The van der Waals surface area contributed by atoms with Crippen LogP contribution in [0.4, 0.5) is 13.2 Å². The summed E-state index contributed by atoms with van der Waals surface area (Å²) in [5.41, 5.74) is -0.571. The maximum Gasteiger partial charge on any atom is 0.416 e. The van der Waals surface area contributed by atoms with E-state index in [2.05, 4.69) is 5.32 Å². The van der Waals surface area contributed by atoms with Crippen LogP contribution in [-0.2, 0) is 17.5 Å². The molecule has 0 atom stereocenters. The summed E-state index contributed by atoms with van der Waals surface area (Å²) in [6, 6.07) is 11.9. The quantitative estimate of drug-likeness (QED) is 0.769. The number of hydrogen-bond acceptors (Lipinski definition) is 3. The predicted molar refractivity (Wildman–Crippen MR) is 109 cm³/mol. The third-order valence-corrected chi connectivity index (χ3v) is 6.29. The number of halogens is 4. The second-order valence-corrected chi connectivity index (χ2v) is 8.24. The number of amides is 2. The van der Waals surface area contributed by atoms with Crippen molar-refractivity contribution in [3.63, 3.8) is 0 Å². The first-order chi connectivity index (χ1) is 14.7. The first-order valence-corrected chi connectivity index (χ1v) is 10.3. The van der Waals surface area contributed by atoms with Gasteiger partial charge in [0.05, 0.1) is 28.4 Å². The molecule has 1 spiro atoms. The van der Waals surface area contributed by atoms with E-state index < -0.39 is 17.4 Å². The Morgan fingerprint density at radius 2 is 1.81 bits per heavy atom. The van der Waals surface area contributed by atoms with Crippen molar-refractivity contribution in [1.29, 1.82) is 0 Å². The number of nitrogens with zero attached hydrogens (tertiary/aromatic N) is 2. The molecule has 31 heavy (non-hydrogen) atoms. The summed E-state index contributed by atoms with van der Waals surface area (Å²) in [6.45, 7) is 1.01. The van der Waals surface area contributed by atoms with Crippen molar-refractivity contribution in [1.82, 2.24) is 15.1 Å². The minimum Gasteiger partial charge on any atom is -0.338 e. The van der Waals surface area contributed by atoms with Crippen LogP contribution < -0.4 is 5.32 Å². The van der Waals surface area contributed by atoms with Crippen LogP contribution in [0.3, 0.4) is 0 Å². The highest BCUT2D eigenvalue weighted by atomic mass is 35.5. The average Bonchev–Trinajstić information content (AvgIpc) is 3.03. The third kappa shape index (κ3) is 4.27. The van der Waals surface area contributed by atoms with Crippen molar-refractivity contribution in [2.24, 2.45) is 0 Å². The van der Waals surface area contributed by atoms with Gasteiger partial charge in [0, 0.05) is 32.5 Å². The first-order valence-electron chi connectivity index (χ1n) is 9.95. The Morgan fingerprint density at radius 1 is 1.10 bits per heavy atom. The summed E-state index contributed by atoms with van der Waals surface area (Å²) in [4.78, 5) is 28.7. The van der Waals surface area contributed by atoms with Gasteiger partial charge in [-0.25, -0.2) is 0 Å². The van der Waals surface area contributed by atoms with Crippen LogP contribution in [0.1, 0.15) is 34.3 Å². The van der Waals surface area contributed by atoms with E-state index in [4.69, 9.17) is 11.6 Å². The van der Waals surface area contributed by atoms with Gasteiger partial charge in [-0.15, -0.1) is 0 Å². The fourth-order valence-electron chi connectivity index (χ4n) is 4.27. The molecule has 2 amide bonds. The van der Waals surface area contributed by atoms with E-state index in [0.717, 1.165) is 12.1 Å². The molecular weight excluding hydrogens is 431 g/mol. The molecule has 0 unspecified atom stereocenters. The number of benzene rings is 2. The van der Waals surface area contributed by atoms with Gasteiger partial charge in [-0.05, 0) is 29.8 Å². The molecule has 2 aromatic rings. The zero-order valence-electron chi connectivity index (χ0n) is 16.6. The number of likely N-dealkylation sites (tertiary alicyclic amines) is 1. The van der Waals surface area contributed by atoms with E-state index in [1.54, 1.807) is 40.1 Å². The number of carbonyl (C=O) groups excluding carboxylic acids is 2. The zero-order chi connectivity index (χ0) is 22.2. The number of hydrogen-bond donors (Lipinski definition) is 1. The topological polar surface area (TPSA) is 52.7 Å². The van der Waals surface area contributed by atoms with Gasteiger partial charge in [0.2, 0.25) is 5.91 Å². The Morgan fingerprint density at radius 3 is 2.48 bits per heavy atom. The Labute approximate surface area is 182 Å². The highest BCUT2D eigenvalue weighted by molar-refractivity contribution is 6.33. The number of nitrogens with one attached hydrogen (secondary N) is 1. The lowest BCUT2D eigenvalue weighted by Crippen LogP contribution is -2.59. The lowest BCUT2D eigenvalue weighted by Gasteiger charge is -2.44. The molecule has 2 aromatic carbocycles. The summed E-state index contributed by atoms with van der Waals surface area (Å²) in [7, 11) is 0. The van der Waals surface area contributed by atoms with Crippen LogP contribution in [0.5, 0.6) is 0 Å². The minimum absolute atomic E-state index is 0.0776. The van der Waals surface area contributed by atoms with E-state index in [0.29, 0.717) is 42.1 Å². The summed E-state index contributed by atoms with van der Waals surface area (Å²) in [5.74, 6) is -0.336. The van der Waals surface area contributed by atoms with Gasteiger partial charge in [-0.2, -0.15) is 13.2 Å². The maximum atomic E-state index is 13.1. The summed E-state index contributed by atoms with van der Waals surface area (Å²) >= 11 is 6.14. The van der Waals surface area contributed by atoms with Crippen molar-refractivity contribution in [3.05, 3.63) is 70.2 Å². The van der Waals surface area contributed by atoms with Gasteiger partial charge in [0.25, 0.3) is 5.91 Å². The van der Waals surface area contributed by atoms with Gasteiger partial charge in [0.15, 0.2) is 0 Å². The molecule has 0 aliphatic carbocycles. The lowest BCUT2D eigenvalue weighted by atomic mass is 9.94. The van der Waals surface area contributed by atoms with Crippen LogP contribution in [-0.4, -0.2) is 46.9 Å². The summed E-state index contributed by atoms with van der Waals surface area (Å²) in [5, 5.41) is 3.62. The second-order valence-electron chi connectivity index (χ2n) is 7.84. The Bertz CT molecular complexity index is 1000. The molecule has 2 aliphatic heterocycles. The van der Waals surface area contributed by atoms with Crippen molar-refractivity contribution >= 4 is 23.4 Å². The maximum absolute atomic E-state index is 13.1. The van der Waals surface area contributed by atoms with Gasteiger partial charge in [0.1, 0.15) is 0 Å². The van der Waals surface area contributed by atoms with Crippen molar-refractivity contribution in [3.8, 4) is 0 Å². The monoisotopic (exact) mass is 451 g/mol. The van der Waals surface area contributed by atoms with Crippen molar-refractivity contribution in [2.45, 2.75) is 31.2 Å². The first kappa shape index (κ1) is 21.6. The summed E-state index contributed by atoms with van der Waals surface area (Å²) < 4.78 is 39.2. The smallest absolute Gasteiger partial charge is 0.338 e. The van der Waals surface area contributed by atoms with Crippen LogP contribution >= 0.6 is 11.6 Å². The molecule has 164 valence electrons. The highest BCUT2D eigenvalue weighted by Crippen LogP contribution is 2.34. The van der Waals surface area contributed by atoms with Crippen LogP contribution in [0, 0.1) is 0 Å². The molecule has 5 nitrogen and oxygen atoms in total. The van der Waals surface area contributed by atoms with Crippen molar-refractivity contribution < 1.29 is 22.8 Å². The van der Waals surface area contributed by atoms with Crippen LogP contribution in [0.15, 0.2) is 48.5 Å². The largest absolute Gasteiger partial charge is 0.416 e. The van der Waals surface area contributed by atoms with E-state index in [1.165, 1.54) is 6.07 Å². The summed E-state index contributed by atoms with van der Waals surface area (Å²) in [6.07, 6.45) is -3.48. The number of rotatable bonds is 3. The van der Waals surface area contributed by atoms with Gasteiger partial charge >= 0.3 is 6.18 Å². The molecule has 2 saturated heterocycles. The zero-order valence-corrected chi connectivity index (χ0v) is 17.3. The Kier molecular flexibility index (Phi) is 5.70. The van der Waals surface area contributed by atoms with Crippen LogP contribution in [0.2, 0.25) is 5.02 Å². The van der Waals surface area contributed by atoms with Gasteiger partial charge in [-0.3, -0.25) is 14.9 Å². The van der Waals surface area contributed by atoms with E-state index >= 15 is 0 Å². The second kappa shape index (κ2) is 8.16. The van der Waals surface area contributed by atoms with E-state index in [9.17, 15) is 22.8 Å². The fraction of sp³-hybridized carbons (Fsp3) is 0.364. The average molecular weight is 452 g/mol. The number of alkyl halides is 3. The number of piperidine rings is 1. The predicted octanol–water partition coefficient (Wildman–Crippen LogP) is 3.92. The molecule has 9 heteroatoms. The lowest BCUT2D eigenvalue weighted by molar-refractivity contribution is -0.137. The molecule has 0 radical (unpaired) electrons. The third-order valence-electron chi connectivity index (χ3n) is 5.96. The molecule has 2 heterocycles. The molecule has 2 fully saturated rings. The molecule has 1 N–H and O–H groups in total. The van der Waals surface area contributed by atoms with Crippen molar-refractivity contribution in [2.75, 3.05) is 19.6 Å². The van der Waals surface area contributed by atoms with Gasteiger partial charge in [-0.1, -0.05) is 35.9 Å². The Hall–Kier alpha value is -2.58. The molecular formula is C22H21ClF3N3O2. The SMILES string of the molecule is O=C(c1ccccc1Cl)N1CCC2(CC1)NCC(=O)N2Cc1cccc(C(F)(F)F)c1. The molecule has 0 aromatic heterocycles. The molecule has 0 saturated carbocycles. The molecule has 4 rings (SSSR count). The normalized spacial score (nSPS) is 18.6. The highest BCUT2D eigenvalue weighted by Gasteiger charge is 2.47. The molecule has 2 aliphatic rings. The van der Waals surface area contributed by atoms with Gasteiger partial charge < -0.3 is 9.80 Å². The molecule has 0 bridgehead atoms.